The summed E-state index contributed by atoms with van der Waals surface area (Å²) in [7, 11) is 0. The van der Waals surface area contributed by atoms with Crippen molar-refractivity contribution < 1.29 is 14.7 Å². The van der Waals surface area contributed by atoms with Crippen molar-refractivity contribution in [3.8, 4) is 0 Å². The quantitative estimate of drug-likeness (QED) is 0.720. The Hall–Kier alpha value is -1.88. The zero-order valence-electron chi connectivity index (χ0n) is 11.2. The van der Waals surface area contributed by atoms with Crippen LogP contribution in [0.1, 0.15) is 29.8 Å². The van der Waals surface area contributed by atoms with Crippen molar-refractivity contribution >= 4 is 11.9 Å². The van der Waals surface area contributed by atoms with Gasteiger partial charge in [-0.25, -0.2) is 4.79 Å². The number of rotatable bonds is 6. The zero-order valence-corrected chi connectivity index (χ0v) is 11.2. The summed E-state index contributed by atoms with van der Waals surface area (Å²) in [6.45, 7) is 4.61. The Morgan fingerprint density at radius 1 is 1.26 bits per heavy atom. The number of aromatic carboxylic acids is 1. The van der Waals surface area contributed by atoms with Crippen LogP contribution in [0.25, 0.3) is 0 Å². The Morgan fingerprint density at radius 2 is 1.84 bits per heavy atom. The van der Waals surface area contributed by atoms with Gasteiger partial charge in [-0.3, -0.25) is 4.79 Å². The van der Waals surface area contributed by atoms with Gasteiger partial charge < -0.3 is 16.2 Å². The number of hydrogen-bond acceptors (Lipinski definition) is 3. The maximum absolute atomic E-state index is 11.9. The number of nitrogens with one attached hydrogen (secondary N) is 1. The van der Waals surface area contributed by atoms with E-state index in [2.05, 4.69) is 5.32 Å². The van der Waals surface area contributed by atoms with Gasteiger partial charge in [-0.15, -0.1) is 0 Å². The van der Waals surface area contributed by atoms with Gasteiger partial charge in [0.1, 0.15) is 0 Å². The van der Waals surface area contributed by atoms with Crippen molar-refractivity contribution in [3.05, 3.63) is 35.4 Å². The highest BCUT2D eigenvalue weighted by atomic mass is 16.4. The van der Waals surface area contributed by atoms with Crippen LogP contribution in [0.2, 0.25) is 0 Å². The van der Waals surface area contributed by atoms with Crippen LogP contribution in [0.3, 0.4) is 0 Å². The Kier molecular flexibility index (Phi) is 5.51. The van der Waals surface area contributed by atoms with Crippen molar-refractivity contribution in [1.82, 2.24) is 5.32 Å². The molecule has 104 valence electrons. The van der Waals surface area contributed by atoms with E-state index in [0.717, 1.165) is 5.56 Å². The Bertz CT molecular complexity index is 441. The van der Waals surface area contributed by atoms with Crippen LogP contribution < -0.4 is 11.1 Å². The fraction of sp³-hybridized carbons (Fsp3) is 0.429. The SMILES string of the molecule is CC(C)C(CN)C(=O)NCc1ccc(C(=O)O)cc1. The Labute approximate surface area is 112 Å². The van der Waals surface area contributed by atoms with Crippen LogP contribution in [-0.2, 0) is 11.3 Å². The minimum absolute atomic E-state index is 0.0696. The third kappa shape index (κ3) is 4.37. The number of hydrogen-bond donors (Lipinski definition) is 3. The summed E-state index contributed by atoms with van der Waals surface area (Å²) in [5, 5.41) is 11.6. The topological polar surface area (TPSA) is 92.4 Å². The average Bonchev–Trinajstić information content (AvgIpc) is 2.37. The van der Waals surface area contributed by atoms with Crippen LogP contribution in [0.5, 0.6) is 0 Å². The lowest BCUT2D eigenvalue weighted by Crippen LogP contribution is -2.37. The first kappa shape index (κ1) is 15.2. The summed E-state index contributed by atoms with van der Waals surface area (Å²) in [6.07, 6.45) is 0. The molecule has 1 amide bonds. The van der Waals surface area contributed by atoms with Crippen molar-refractivity contribution in [2.75, 3.05) is 6.54 Å². The molecule has 0 bridgehead atoms. The standard InChI is InChI=1S/C14H20N2O3/c1-9(2)12(7-15)13(17)16-8-10-3-5-11(6-4-10)14(18)19/h3-6,9,12H,7-8,15H2,1-2H3,(H,16,17)(H,18,19). The number of nitrogens with two attached hydrogens (primary N) is 1. The third-order valence-electron chi connectivity index (χ3n) is 3.06. The van der Waals surface area contributed by atoms with E-state index in [-0.39, 0.29) is 23.3 Å². The second-order valence-corrected chi connectivity index (χ2v) is 4.81. The molecule has 1 aromatic carbocycles. The normalized spacial score (nSPS) is 12.2. The van der Waals surface area contributed by atoms with Gasteiger partial charge in [0.25, 0.3) is 0 Å². The van der Waals surface area contributed by atoms with Crippen molar-refractivity contribution in [1.29, 1.82) is 0 Å². The molecule has 0 heterocycles. The summed E-state index contributed by atoms with van der Waals surface area (Å²) in [5.41, 5.74) is 6.66. The summed E-state index contributed by atoms with van der Waals surface area (Å²) < 4.78 is 0. The van der Waals surface area contributed by atoms with Gasteiger partial charge in [-0.05, 0) is 23.6 Å². The molecule has 0 aromatic heterocycles. The highest BCUT2D eigenvalue weighted by Gasteiger charge is 2.19. The molecule has 0 saturated carbocycles. The van der Waals surface area contributed by atoms with E-state index in [1.165, 1.54) is 12.1 Å². The number of carbonyl (C=O) groups excluding carboxylic acids is 1. The number of benzene rings is 1. The minimum atomic E-state index is -0.960. The molecule has 0 fully saturated rings. The molecular weight excluding hydrogens is 244 g/mol. The molecule has 5 nitrogen and oxygen atoms in total. The Morgan fingerprint density at radius 3 is 2.26 bits per heavy atom. The van der Waals surface area contributed by atoms with Gasteiger partial charge in [0.15, 0.2) is 0 Å². The third-order valence-corrected chi connectivity index (χ3v) is 3.06. The predicted octanol–water partition coefficient (Wildman–Crippen LogP) is 1.23. The van der Waals surface area contributed by atoms with Crippen LogP contribution in [-0.4, -0.2) is 23.5 Å². The number of amides is 1. The molecule has 0 spiro atoms. The maximum Gasteiger partial charge on any atom is 0.335 e. The summed E-state index contributed by atoms with van der Waals surface area (Å²) in [4.78, 5) is 22.6. The molecule has 0 aliphatic heterocycles. The van der Waals surface area contributed by atoms with Gasteiger partial charge in [-0.1, -0.05) is 26.0 Å². The summed E-state index contributed by atoms with van der Waals surface area (Å²) in [5.74, 6) is -1.03. The van der Waals surface area contributed by atoms with E-state index in [4.69, 9.17) is 10.8 Å². The average molecular weight is 264 g/mol. The molecule has 19 heavy (non-hydrogen) atoms. The van der Waals surface area contributed by atoms with Gasteiger partial charge >= 0.3 is 5.97 Å². The molecular formula is C14H20N2O3. The van der Waals surface area contributed by atoms with Gasteiger partial charge in [-0.2, -0.15) is 0 Å². The first-order valence-corrected chi connectivity index (χ1v) is 6.25. The smallest absolute Gasteiger partial charge is 0.335 e. The fourth-order valence-electron chi connectivity index (χ4n) is 1.77. The molecule has 0 saturated heterocycles. The number of carbonyl (C=O) groups is 2. The fourth-order valence-corrected chi connectivity index (χ4v) is 1.77. The van der Waals surface area contributed by atoms with Gasteiger partial charge in [0.2, 0.25) is 5.91 Å². The largest absolute Gasteiger partial charge is 0.478 e. The molecule has 1 rings (SSSR count). The van der Waals surface area contributed by atoms with E-state index in [1.807, 2.05) is 13.8 Å². The predicted molar refractivity (Wildman–Crippen MR) is 72.6 cm³/mol. The highest BCUT2D eigenvalue weighted by molar-refractivity contribution is 5.87. The molecule has 1 unspecified atom stereocenters. The van der Waals surface area contributed by atoms with Crippen LogP contribution >= 0.6 is 0 Å². The molecule has 0 aliphatic carbocycles. The van der Waals surface area contributed by atoms with Crippen molar-refractivity contribution in [3.63, 3.8) is 0 Å². The second kappa shape index (κ2) is 6.89. The Balaban J connectivity index is 2.57. The van der Waals surface area contributed by atoms with Crippen LogP contribution in [0.15, 0.2) is 24.3 Å². The highest BCUT2D eigenvalue weighted by Crippen LogP contribution is 2.10. The molecule has 1 atom stereocenters. The lowest BCUT2D eigenvalue weighted by atomic mass is 9.95. The number of carboxylic acid groups (broad SMARTS) is 1. The molecule has 4 N–H and O–H groups in total. The lowest BCUT2D eigenvalue weighted by Gasteiger charge is -2.18. The van der Waals surface area contributed by atoms with E-state index < -0.39 is 5.97 Å². The minimum Gasteiger partial charge on any atom is -0.478 e. The molecule has 0 aliphatic rings. The molecule has 5 heteroatoms. The van der Waals surface area contributed by atoms with E-state index >= 15 is 0 Å². The maximum atomic E-state index is 11.9. The van der Waals surface area contributed by atoms with Gasteiger partial charge in [0, 0.05) is 13.1 Å². The monoisotopic (exact) mass is 264 g/mol. The summed E-state index contributed by atoms with van der Waals surface area (Å²) in [6, 6.07) is 6.42. The van der Waals surface area contributed by atoms with E-state index in [9.17, 15) is 9.59 Å². The van der Waals surface area contributed by atoms with Crippen molar-refractivity contribution in [2.45, 2.75) is 20.4 Å². The van der Waals surface area contributed by atoms with Crippen LogP contribution in [0, 0.1) is 11.8 Å². The first-order valence-electron chi connectivity index (χ1n) is 6.25. The lowest BCUT2D eigenvalue weighted by molar-refractivity contribution is -0.126. The molecule has 1 aromatic rings. The summed E-state index contributed by atoms with van der Waals surface area (Å²) >= 11 is 0. The van der Waals surface area contributed by atoms with Gasteiger partial charge in [0.05, 0.1) is 11.5 Å². The zero-order chi connectivity index (χ0) is 14.4. The number of carboxylic acids is 1. The van der Waals surface area contributed by atoms with Crippen molar-refractivity contribution in [2.24, 2.45) is 17.6 Å². The van der Waals surface area contributed by atoms with E-state index in [0.29, 0.717) is 13.1 Å². The van der Waals surface area contributed by atoms with Crippen LogP contribution in [0.4, 0.5) is 0 Å². The molecule has 0 radical (unpaired) electrons. The first-order chi connectivity index (χ1) is 8.95. The second-order valence-electron chi connectivity index (χ2n) is 4.81. The van der Waals surface area contributed by atoms with E-state index in [1.54, 1.807) is 12.1 Å².